The summed E-state index contributed by atoms with van der Waals surface area (Å²) in [6, 6.07) is 5.63. The fraction of sp³-hybridized carbons (Fsp3) is 0.545. The number of aliphatic hydroxyl groups excluding tert-OH is 1. The van der Waals surface area contributed by atoms with Crippen molar-refractivity contribution in [2.45, 2.75) is 19.4 Å². The van der Waals surface area contributed by atoms with Gasteiger partial charge in [-0.1, -0.05) is 24.6 Å². The Hall–Kier alpha value is -0.800. The van der Waals surface area contributed by atoms with Crippen molar-refractivity contribution in [2.24, 2.45) is 5.92 Å². The fourth-order valence-electron chi connectivity index (χ4n) is 1.91. The summed E-state index contributed by atoms with van der Waals surface area (Å²) in [5.74, 6) is 1.20. The molecule has 2 rings (SSSR count). The van der Waals surface area contributed by atoms with Crippen LogP contribution in [0.2, 0.25) is 5.15 Å². The van der Waals surface area contributed by atoms with Crippen LogP contribution in [0.1, 0.15) is 13.3 Å². The van der Waals surface area contributed by atoms with Crippen molar-refractivity contribution >= 4 is 17.4 Å². The monoisotopic (exact) mass is 226 g/mol. The molecule has 1 aliphatic rings. The van der Waals surface area contributed by atoms with Crippen LogP contribution in [0.15, 0.2) is 18.2 Å². The molecule has 1 aromatic rings. The minimum atomic E-state index is -0.180. The fourth-order valence-corrected chi connectivity index (χ4v) is 2.07. The minimum Gasteiger partial charge on any atom is -0.393 e. The van der Waals surface area contributed by atoms with Gasteiger partial charge in [-0.05, 0) is 24.5 Å². The third kappa shape index (κ3) is 2.41. The van der Waals surface area contributed by atoms with Crippen LogP contribution >= 0.6 is 11.6 Å². The lowest BCUT2D eigenvalue weighted by Gasteiger charge is -2.35. The number of piperidine rings is 1. The third-order valence-corrected chi connectivity index (χ3v) is 3.09. The summed E-state index contributed by atoms with van der Waals surface area (Å²) in [5.41, 5.74) is 0. The molecule has 1 fully saturated rings. The van der Waals surface area contributed by atoms with E-state index in [9.17, 15) is 5.11 Å². The summed E-state index contributed by atoms with van der Waals surface area (Å²) in [5, 5.41) is 10.1. The lowest BCUT2D eigenvalue weighted by Crippen LogP contribution is -2.42. The second-order valence-corrected chi connectivity index (χ2v) is 4.49. The quantitative estimate of drug-likeness (QED) is 0.744. The normalized spacial score (nSPS) is 26.7. The number of hydrogen-bond acceptors (Lipinski definition) is 3. The molecule has 4 heteroatoms. The highest BCUT2D eigenvalue weighted by Gasteiger charge is 2.24. The lowest BCUT2D eigenvalue weighted by molar-refractivity contribution is 0.0969. The molecule has 3 nitrogen and oxygen atoms in total. The van der Waals surface area contributed by atoms with Crippen molar-refractivity contribution in [1.82, 2.24) is 4.98 Å². The van der Waals surface area contributed by atoms with Crippen LogP contribution in [-0.4, -0.2) is 29.3 Å². The van der Waals surface area contributed by atoms with Crippen LogP contribution in [0, 0.1) is 5.92 Å². The molecule has 1 saturated heterocycles. The Morgan fingerprint density at radius 2 is 2.33 bits per heavy atom. The maximum absolute atomic E-state index is 9.62. The molecule has 2 heterocycles. The van der Waals surface area contributed by atoms with E-state index in [1.807, 2.05) is 12.1 Å². The number of aromatic nitrogens is 1. The van der Waals surface area contributed by atoms with Gasteiger partial charge < -0.3 is 10.0 Å². The number of nitrogens with zero attached hydrogens (tertiary/aromatic N) is 2. The Balaban J connectivity index is 2.12. The Morgan fingerprint density at radius 3 is 3.00 bits per heavy atom. The van der Waals surface area contributed by atoms with Crippen LogP contribution in [0.5, 0.6) is 0 Å². The van der Waals surface area contributed by atoms with E-state index in [-0.39, 0.29) is 6.10 Å². The number of aliphatic hydroxyl groups is 1. The Morgan fingerprint density at radius 1 is 1.53 bits per heavy atom. The minimum absolute atomic E-state index is 0.180. The van der Waals surface area contributed by atoms with Gasteiger partial charge in [0.1, 0.15) is 11.0 Å². The van der Waals surface area contributed by atoms with E-state index in [0.29, 0.717) is 11.1 Å². The first kappa shape index (κ1) is 10.7. The Labute approximate surface area is 94.7 Å². The van der Waals surface area contributed by atoms with Crippen LogP contribution in [-0.2, 0) is 0 Å². The molecule has 0 saturated carbocycles. The maximum atomic E-state index is 9.62. The lowest BCUT2D eigenvalue weighted by atomic mass is 9.97. The summed E-state index contributed by atoms with van der Waals surface area (Å²) in [7, 11) is 0. The van der Waals surface area contributed by atoms with Crippen molar-refractivity contribution in [3.63, 3.8) is 0 Å². The molecule has 15 heavy (non-hydrogen) atoms. The molecule has 1 N–H and O–H groups in total. The van der Waals surface area contributed by atoms with Gasteiger partial charge in [-0.25, -0.2) is 4.98 Å². The number of pyridine rings is 1. The topological polar surface area (TPSA) is 36.4 Å². The van der Waals surface area contributed by atoms with Crippen LogP contribution in [0.3, 0.4) is 0 Å². The average Bonchev–Trinajstić information content (AvgIpc) is 2.22. The largest absolute Gasteiger partial charge is 0.393 e. The zero-order valence-corrected chi connectivity index (χ0v) is 9.48. The van der Waals surface area contributed by atoms with Crippen molar-refractivity contribution in [2.75, 3.05) is 18.0 Å². The van der Waals surface area contributed by atoms with E-state index in [4.69, 9.17) is 11.6 Å². The standard InChI is InChI=1S/C11H15ClN2O/c1-8-7-14(6-5-9(8)15)11-4-2-3-10(12)13-11/h2-4,8-9,15H,5-7H2,1H3. The molecule has 0 bridgehead atoms. The van der Waals surface area contributed by atoms with E-state index in [1.54, 1.807) is 6.07 Å². The van der Waals surface area contributed by atoms with E-state index in [1.165, 1.54) is 0 Å². The molecule has 2 atom stereocenters. The van der Waals surface area contributed by atoms with Gasteiger partial charge in [0.05, 0.1) is 6.10 Å². The van der Waals surface area contributed by atoms with Gasteiger partial charge in [-0.2, -0.15) is 0 Å². The molecule has 1 aliphatic heterocycles. The van der Waals surface area contributed by atoms with E-state index in [0.717, 1.165) is 25.3 Å². The van der Waals surface area contributed by atoms with Gasteiger partial charge in [0.2, 0.25) is 0 Å². The van der Waals surface area contributed by atoms with Crippen molar-refractivity contribution in [3.05, 3.63) is 23.4 Å². The molecule has 0 spiro atoms. The predicted molar refractivity (Wildman–Crippen MR) is 61.2 cm³/mol. The van der Waals surface area contributed by atoms with Crippen molar-refractivity contribution < 1.29 is 5.11 Å². The highest BCUT2D eigenvalue weighted by Crippen LogP contribution is 2.22. The first-order valence-corrected chi connectivity index (χ1v) is 5.60. The molecule has 0 radical (unpaired) electrons. The molecular weight excluding hydrogens is 212 g/mol. The summed E-state index contributed by atoms with van der Waals surface area (Å²) in [4.78, 5) is 6.44. The van der Waals surface area contributed by atoms with Gasteiger partial charge in [0, 0.05) is 13.1 Å². The molecule has 0 amide bonds. The summed E-state index contributed by atoms with van der Waals surface area (Å²) < 4.78 is 0. The van der Waals surface area contributed by atoms with Gasteiger partial charge in [-0.15, -0.1) is 0 Å². The SMILES string of the molecule is CC1CN(c2cccc(Cl)n2)CCC1O. The van der Waals surface area contributed by atoms with Crippen LogP contribution < -0.4 is 4.90 Å². The van der Waals surface area contributed by atoms with Crippen molar-refractivity contribution in [1.29, 1.82) is 0 Å². The zero-order valence-electron chi connectivity index (χ0n) is 8.73. The van der Waals surface area contributed by atoms with E-state index >= 15 is 0 Å². The number of halogens is 1. The third-order valence-electron chi connectivity index (χ3n) is 2.88. The van der Waals surface area contributed by atoms with Gasteiger partial charge in [-0.3, -0.25) is 0 Å². The molecule has 2 unspecified atom stereocenters. The highest BCUT2D eigenvalue weighted by molar-refractivity contribution is 6.29. The van der Waals surface area contributed by atoms with E-state index in [2.05, 4.69) is 16.8 Å². The van der Waals surface area contributed by atoms with Crippen LogP contribution in [0.25, 0.3) is 0 Å². The first-order chi connectivity index (χ1) is 7.16. The second kappa shape index (κ2) is 4.37. The number of anilines is 1. The molecule has 1 aromatic heterocycles. The Bertz CT molecular complexity index is 345. The number of rotatable bonds is 1. The Kier molecular flexibility index (Phi) is 3.12. The first-order valence-electron chi connectivity index (χ1n) is 5.22. The van der Waals surface area contributed by atoms with Gasteiger partial charge in [0.25, 0.3) is 0 Å². The summed E-state index contributed by atoms with van der Waals surface area (Å²) in [6.45, 7) is 3.74. The average molecular weight is 227 g/mol. The molecule has 82 valence electrons. The highest BCUT2D eigenvalue weighted by atomic mass is 35.5. The molecular formula is C11H15ClN2O. The van der Waals surface area contributed by atoms with Gasteiger partial charge >= 0.3 is 0 Å². The summed E-state index contributed by atoms with van der Waals surface area (Å²) in [6.07, 6.45) is 0.621. The van der Waals surface area contributed by atoms with Crippen LogP contribution in [0.4, 0.5) is 5.82 Å². The molecule has 0 aliphatic carbocycles. The van der Waals surface area contributed by atoms with Gasteiger partial charge in [0.15, 0.2) is 0 Å². The second-order valence-electron chi connectivity index (χ2n) is 4.10. The molecule has 0 aromatic carbocycles. The summed E-state index contributed by atoms with van der Waals surface area (Å²) >= 11 is 5.84. The maximum Gasteiger partial charge on any atom is 0.131 e. The zero-order chi connectivity index (χ0) is 10.8. The van der Waals surface area contributed by atoms with E-state index < -0.39 is 0 Å². The number of hydrogen-bond donors (Lipinski definition) is 1. The predicted octanol–water partition coefficient (Wildman–Crippen LogP) is 1.94. The smallest absolute Gasteiger partial charge is 0.131 e. The van der Waals surface area contributed by atoms with Crippen molar-refractivity contribution in [3.8, 4) is 0 Å².